The van der Waals surface area contributed by atoms with Gasteiger partial charge in [-0.25, -0.2) is 9.37 Å². The highest BCUT2D eigenvalue weighted by molar-refractivity contribution is 7.18. The lowest BCUT2D eigenvalue weighted by molar-refractivity contribution is 0.580. The SMILES string of the molecule is CCCCC1CCc2c(-c3ncc(-c4ccc(F)c(C#N)c4)s3)cccc21. The molecule has 1 aromatic heterocycles. The van der Waals surface area contributed by atoms with Crippen LogP contribution in [-0.2, 0) is 6.42 Å². The van der Waals surface area contributed by atoms with Gasteiger partial charge in [0.05, 0.1) is 10.4 Å². The van der Waals surface area contributed by atoms with Gasteiger partial charge in [-0.2, -0.15) is 5.26 Å². The fraction of sp³-hybridized carbons (Fsp3) is 0.304. The first-order valence-corrected chi connectivity index (χ1v) is 10.3. The molecular formula is C23H21FN2S. The van der Waals surface area contributed by atoms with E-state index >= 15 is 0 Å². The van der Waals surface area contributed by atoms with Gasteiger partial charge in [-0.1, -0.05) is 44.0 Å². The van der Waals surface area contributed by atoms with Gasteiger partial charge in [0.25, 0.3) is 0 Å². The van der Waals surface area contributed by atoms with E-state index in [4.69, 9.17) is 5.26 Å². The Labute approximate surface area is 163 Å². The summed E-state index contributed by atoms with van der Waals surface area (Å²) >= 11 is 1.61. The lowest BCUT2D eigenvalue weighted by atomic mass is 9.94. The van der Waals surface area contributed by atoms with Crippen LogP contribution in [0.3, 0.4) is 0 Å². The second kappa shape index (κ2) is 7.62. The number of halogens is 1. The first-order valence-electron chi connectivity index (χ1n) is 9.49. The Morgan fingerprint density at radius 1 is 1.30 bits per heavy atom. The Kier molecular flexibility index (Phi) is 5.05. The first-order chi connectivity index (χ1) is 13.2. The van der Waals surface area contributed by atoms with E-state index in [1.807, 2.05) is 12.3 Å². The summed E-state index contributed by atoms with van der Waals surface area (Å²) in [7, 11) is 0. The van der Waals surface area contributed by atoms with Crippen LogP contribution < -0.4 is 0 Å². The number of fused-ring (bicyclic) bond motifs is 1. The largest absolute Gasteiger partial charge is 0.244 e. The summed E-state index contributed by atoms with van der Waals surface area (Å²) in [6.07, 6.45) is 7.96. The highest BCUT2D eigenvalue weighted by atomic mass is 32.1. The van der Waals surface area contributed by atoms with E-state index in [0.29, 0.717) is 5.92 Å². The molecule has 136 valence electrons. The van der Waals surface area contributed by atoms with Crippen molar-refractivity contribution in [2.24, 2.45) is 0 Å². The van der Waals surface area contributed by atoms with Crippen LogP contribution >= 0.6 is 11.3 Å². The maximum Gasteiger partial charge on any atom is 0.140 e. The smallest absolute Gasteiger partial charge is 0.140 e. The van der Waals surface area contributed by atoms with Gasteiger partial charge in [0.1, 0.15) is 16.9 Å². The maximum atomic E-state index is 13.6. The minimum Gasteiger partial charge on any atom is -0.244 e. The van der Waals surface area contributed by atoms with Crippen LogP contribution in [0, 0.1) is 17.1 Å². The maximum absolute atomic E-state index is 13.6. The molecule has 3 aromatic rings. The van der Waals surface area contributed by atoms with Crippen molar-refractivity contribution < 1.29 is 4.39 Å². The fourth-order valence-electron chi connectivity index (χ4n) is 3.99. The summed E-state index contributed by atoms with van der Waals surface area (Å²) in [4.78, 5) is 5.61. The van der Waals surface area contributed by atoms with Crippen molar-refractivity contribution in [2.45, 2.75) is 44.9 Å². The molecule has 4 rings (SSSR count). The van der Waals surface area contributed by atoms with E-state index in [-0.39, 0.29) is 5.56 Å². The number of unbranched alkanes of at least 4 members (excludes halogenated alkanes) is 1. The molecule has 2 nitrogen and oxygen atoms in total. The summed E-state index contributed by atoms with van der Waals surface area (Å²) in [6.45, 7) is 2.25. The monoisotopic (exact) mass is 376 g/mol. The van der Waals surface area contributed by atoms with Crippen LogP contribution in [0.2, 0.25) is 0 Å². The van der Waals surface area contributed by atoms with Crippen LogP contribution in [0.25, 0.3) is 21.0 Å². The summed E-state index contributed by atoms with van der Waals surface area (Å²) in [6, 6.07) is 13.2. The number of thiazole rings is 1. The molecule has 1 aliphatic carbocycles. The predicted octanol–water partition coefficient (Wildman–Crippen LogP) is 6.71. The standard InChI is InChI=1S/C23H21FN2S/c1-2-3-5-15-8-10-19-18(15)6-4-7-20(19)23-26-14-22(27-23)16-9-11-21(24)17(12-16)13-25/h4,6-7,9,11-12,14-15H,2-3,5,8,10H2,1H3. The highest BCUT2D eigenvalue weighted by Crippen LogP contribution is 2.43. The molecule has 1 aliphatic rings. The van der Waals surface area contributed by atoms with E-state index in [2.05, 4.69) is 30.1 Å². The van der Waals surface area contributed by atoms with Gasteiger partial charge in [-0.05, 0) is 54.0 Å². The molecule has 0 saturated carbocycles. The number of benzene rings is 2. The number of aromatic nitrogens is 1. The number of hydrogen-bond donors (Lipinski definition) is 0. The summed E-state index contributed by atoms with van der Waals surface area (Å²) in [5.74, 6) is 0.194. The molecule has 0 N–H and O–H groups in total. The van der Waals surface area contributed by atoms with Gasteiger partial charge < -0.3 is 0 Å². The average Bonchev–Trinajstić information content (AvgIpc) is 3.34. The quantitative estimate of drug-likeness (QED) is 0.496. The summed E-state index contributed by atoms with van der Waals surface area (Å²) in [5, 5.41) is 10.1. The van der Waals surface area contributed by atoms with Crippen molar-refractivity contribution in [3.8, 4) is 27.1 Å². The van der Waals surface area contributed by atoms with Crippen molar-refractivity contribution in [1.29, 1.82) is 5.26 Å². The number of hydrogen-bond acceptors (Lipinski definition) is 3. The van der Waals surface area contributed by atoms with E-state index in [1.165, 1.54) is 48.4 Å². The molecule has 1 heterocycles. The lowest BCUT2D eigenvalue weighted by Crippen LogP contribution is -1.93. The molecule has 1 unspecified atom stereocenters. The Morgan fingerprint density at radius 2 is 2.19 bits per heavy atom. The van der Waals surface area contributed by atoms with Crippen LogP contribution in [0.1, 0.15) is 55.2 Å². The Morgan fingerprint density at radius 3 is 3.00 bits per heavy atom. The minimum atomic E-state index is -0.481. The van der Waals surface area contributed by atoms with Crippen molar-refractivity contribution in [3.63, 3.8) is 0 Å². The van der Waals surface area contributed by atoms with E-state index in [0.717, 1.165) is 21.9 Å². The topological polar surface area (TPSA) is 36.7 Å². The molecule has 0 aliphatic heterocycles. The van der Waals surface area contributed by atoms with Crippen LogP contribution in [0.15, 0.2) is 42.6 Å². The zero-order valence-corrected chi connectivity index (χ0v) is 16.2. The zero-order chi connectivity index (χ0) is 18.8. The zero-order valence-electron chi connectivity index (χ0n) is 15.3. The van der Waals surface area contributed by atoms with Crippen molar-refractivity contribution in [1.82, 2.24) is 4.98 Å². The van der Waals surface area contributed by atoms with E-state index in [1.54, 1.807) is 23.5 Å². The van der Waals surface area contributed by atoms with E-state index < -0.39 is 5.82 Å². The van der Waals surface area contributed by atoms with Gasteiger partial charge in [0.15, 0.2) is 0 Å². The van der Waals surface area contributed by atoms with Crippen LogP contribution in [-0.4, -0.2) is 4.98 Å². The lowest BCUT2D eigenvalue weighted by Gasteiger charge is -2.11. The number of nitrogens with zero attached hydrogens (tertiary/aromatic N) is 2. The first kappa shape index (κ1) is 17.9. The highest BCUT2D eigenvalue weighted by Gasteiger charge is 2.25. The molecule has 0 saturated heterocycles. The Hall–Kier alpha value is -2.51. The van der Waals surface area contributed by atoms with Gasteiger partial charge in [-0.3, -0.25) is 0 Å². The Balaban J connectivity index is 1.67. The molecule has 2 aromatic carbocycles. The number of nitriles is 1. The van der Waals surface area contributed by atoms with Crippen molar-refractivity contribution in [3.05, 3.63) is 65.1 Å². The molecule has 1 atom stereocenters. The fourth-order valence-corrected chi connectivity index (χ4v) is 4.95. The molecule has 0 fully saturated rings. The third-order valence-electron chi connectivity index (χ3n) is 5.41. The Bertz CT molecular complexity index is 1020. The predicted molar refractivity (Wildman–Crippen MR) is 108 cm³/mol. The molecule has 0 amide bonds. The third-order valence-corrected chi connectivity index (χ3v) is 6.49. The van der Waals surface area contributed by atoms with Gasteiger partial charge in [-0.15, -0.1) is 11.3 Å². The van der Waals surface area contributed by atoms with Crippen molar-refractivity contribution >= 4 is 11.3 Å². The van der Waals surface area contributed by atoms with Crippen molar-refractivity contribution in [2.75, 3.05) is 0 Å². The van der Waals surface area contributed by atoms with Crippen LogP contribution in [0.4, 0.5) is 4.39 Å². The second-order valence-corrected chi connectivity index (χ2v) is 8.12. The molecule has 27 heavy (non-hydrogen) atoms. The molecule has 0 radical (unpaired) electrons. The summed E-state index contributed by atoms with van der Waals surface area (Å²) in [5.41, 5.74) is 5.07. The van der Waals surface area contributed by atoms with Gasteiger partial charge >= 0.3 is 0 Å². The minimum absolute atomic E-state index is 0.0711. The average molecular weight is 377 g/mol. The molecular weight excluding hydrogens is 355 g/mol. The number of rotatable bonds is 5. The second-order valence-electron chi connectivity index (χ2n) is 7.09. The van der Waals surface area contributed by atoms with Crippen LogP contribution in [0.5, 0.6) is 0 Å². The molecule has 0 spiro atoms. The molecule has 4 heteroatoms. The van der Waals surface area contributed by atoms with Gasteiger partial charge in [0.2, 0.25) is 0 Å². The summed E-state index contributed by atoms with van der Waals surface area (Å²) < 4.78 is 13.6. The normalized spacial score (nSPS) is 15.5. The van der Waals surface area contributed by atoms with Gasteiger partial charge in [0, 0.05) is 11.8 Å². The molecule has 0 bridgehead atoms. The van der Waals surface area contributed by atoms with E-state index in [9.17, 15) is 4.39 Å². The third kappa shape index (κ3) is 3.40.